The second kappa shape index (κ2) is 3.66. The van der Waals surface area contributed by atoms with Gasteiger partial charge in [0.1, 0.15) is 0 Å². The molecular weight excluding hydrogens is 160 g/mol. The van der Waals surface area contributed by atoms with Gasteiger partial charge < -0.3 is 9.47 Å². The summed E-state index contributed by atoms with van der Waals surface area (Å²) < 4.78 is 9.62. The molecule has 0 N–H and O–H groups in total. The van der Waals surface area contributed by atoms with Gasteiger partial charge in [0.15, 0.2) is 5.69 Å². The molecule has 0 aromatic carbocycles. The lowest BCUT2D eigenvalue weighted by Crippen LogP contribution is -1.91. The van der Waals surface area contributed by atoms with E-state index in [4.69, 9.17) is 9.47 Å². The molecule has 0 unspecified atom stereocenters. The molecule has 0 saturated carbocycles. The van der Waals surface area contributed by atoms with Gasteiger partial charge in [0, 0.05) is 6.07 Å². The number of pyridine rings is 1. The number of hydrogen-bond acceptors (Lipinski definition) is 5. The van der Waals surface area contributed by atoms with Crippen molar-refractivity contribution in [3.8, 4) is 11.8 Å². The summed E-state index contributed by atoms with van der Waals surface area (Å²) in [6.45, 7) is 0. The average Bonchev–Trinajstić information content (AvgIpc) is 2.16. The van der Waals surface area contributed by atoms with E-state index in [1.807, 2.05) is 0 Å². The third-order valence-electron chi connectivity index (χ3n) is 1.32. The lowest BCUT2D eigenvalue weighted by molar-refractivity contribution is 0.365. The summed E-state index contributed by atoms with van der Waals surface area (Å²) in [7, 11) is 2.90. The maximum Gasteiger partial charge on any atom is 0.246 e. The van der Waals surface area contributed by atoms with Crippen LogP contribution in [0.5, 0.6) is 11.8 Å². The molecule has 0 saturated heterocycles. The molecule has 0 aliphatic rings. The number of ether oxygens (including phenoxy) is 2. The summed E-state index contributed by atoms with van der Waals surface area (Å²) in [5.74, 6) is 0.559. The van der Waals surface area contributed by atoms with Crippen LogP contribution in [0.25, 0.3) is 0 Å². The van der Waals surface area contributed by atoms with E-state index in [1.165, 1.54) is 20.3 Å². The van der Waals surface area contributed by atoms with Crippen LogP contribution >= 0.6 is 0 Å². The van der Waals surface area contributed by atoms with Crippen LogP contribution in [0.15, 0.2) is 17.3 Å². The van der Waals surface area contributed by atoms with Gasteiger partial charge in [0.25, 0.3) is 0 Å². The lowest BCUT2D eigenvalue weighted by atomic mass is 10.4. The Morgan fingerprint density at radius 2 is 2.08 bits per heavy atom. The first-order valence-electron chi connectivity index (χ1n) is 3.24. The maximum atomic E-state index is 10.2. The number of nitroso groups, excluding NO2 is 1. The second-order valence-corrected chi connectivity index (χ2v) is 1.97. The summed E-state index contributed by atoms with van der Waals surface area (Å²) in [5, 5.41) is 2.72. The lowest BCUT2D eigenvalue weighted by Gasteiger charge is -2.02. The zero-order chi connectivity index (χ0) is 8.97. The smallest absolute Gasteiger partial charge is 0.246 e. The predicted octanol–water partition coefficient (Wildman–Crippen LogP) is 1.50. The molecule has 0 radical (unpaired) electrons. The van der Waals surface area contributed by atoms with Gasteiger partial charge in [-0.05, 0) is 11.2 Å². The van der Waals surface area contributed by atoms with Gasteiger partial charge in [-0.1, -0.05) is 0 Å². The minimum Gasteiger partial charge on any atom is -0.481 e. The van der Waals surface area contributed by atoms with Gasteiger partial charge in [0.2, 0.25) is 11.8 Å². The van der Waals surface area contributed by atoms with Crippen molar-refractivity contribution in [1.29, 1.82) is 0 Å². The first-order valence-corrected chi connectivity index (χ1v) is 3.24. The van der Waals surface area contributed by atoms with E-state index >= 15 is 0 Å². The molecule has 5 nitrogen and oxygen atoms in total. The van der Waals surface area contributed by atoms with Gasteiger partial charge >= 0.3 is 0 Å². The molecule has 1 rings (SSSR count). The Labute approximate surface area is 69.3 Å². The van der Waals surface area contributed by atoms with Crippen molar-refractivity contribution >= 4 is 5.69 Å². The molecule has 12 heavy (non-hydrogen) atoms. The zero-order valence-corrected chi connectivity index (χ0v) is 6.77. The Bertz CT molecular complexity index is 288. The van der Waals surface area contributed by atoms with Crippen LogP contribution in [0.4, 0.5) is 5.69 Å². The van der Waals surface area contributed by atoms with E-state index in [0.717, 1.165) is 0 Å². The van der Waals surface area contributed by atoms with Crippen molar-refractivity contribution in [1.82, 2.24) is 4.98 Å². The highest BCUT2D eigenvalue weighted by Crippen LogP contribution is 2.26. The number of methoxy groups -OCH3 is 2. The molecular formula is C7H8N2O3. The topological polar surface area (TPSA) is 60.8 Å². The Balaban J connectivity index is 3.10. The van der Waals surface area contributed by atoms with E-state index < -0.39 is 0 Å². The fraction of sp³-hybridized carbons (Fsp3) is 0.286. The Hall–Kier alpha value is -1.65. The number of aromatic nitrogens is 1. The van der Waals surface area contributed by atoms with Gasteiger partial charge in [-0.25, -0.2) is 0 Å². The van der Waals surface area contributed by atoms with Crippen molar-refractivity contribution in [2.45, 2.75) is 0 Å². The van der Waals surface area contributed by atoms with Crippen molar-refractivity contribution < 1.29 is 9.47 Å². The summed E-state index contributed by atoms with van der Waals surface area (Å²) in [4.78, 5) is 14.0. The summed E-state index contributed by atoms with van der Waals surface area (Å²) >= 11 is 0. The van der Waals surface area contributed by atoms with Crippen molar-refractivity contribution in [3.05, 3.63) is 17.0 Å². The van der Waals surface area contributed by atoms with Crippen LogP contribution in [-0.2, 0) is 0 Å². The number of nitrogens with zero attached hydrogens (tertiary/aromatic N) is 2. The van der Waals surface area contributed by atoms with Crippen LogP contribution in [0.1, 0.15) is 0 Å². The Morgan fingerprint density at radius 3 is 2.58 bits per heavy atom. The largest absolute Gasteiger partial charge is 0.481 e. The first-order chi connectivity index (χ1) is 5.81. The minimum atomic E-state index is 0.165. The summed E-state index contributed by atoms with van der Waals surface area (Å²) in [6, 6.07) is 3.02. The Kier molecular flexibility index (Phi) is 2.57. The van der Waals surface area contributed by atoms with Gasteiger partial charge in [0.05, 0.1) is 14.2 Å². The molecule has 5 heteroatoms. The fourth-order valence-electron chi connectivity index (χ4n) is 0.750. The molecule has 0 aliphatic heterocycles. The molecule has 1 aromatic heterocycles. The van der Waals surface area contributed by atoms with Crippen molar-refractivity contribution in [2.75, 3.05) is 14.2 Å². The van der Waals surface area contributed by atoms with E-state index in [2.05, 4.69) is 10.2 Å². The summed E-state index contributed by atoms with van der Waals surface area (Å²) in [6.07, 6.45) is 0. The predicted molar refractivity (Wildman–Crippen MR) is 42.8 cm³/mol. The molecule has 0 fully saturated rings. The van der Waals surface area contributed by atoms with Crippen LogP contribution in [0.2, 0.25) is 0 Å². The third kappa shape index (κ3) is 1.50. The summed E-state index contributed by atoms with van der Waals surface area (Å²) in [5.41, 5.74) is 0.165. The van der Waals surface area contributed by atoms with Gasteiger partial charge in [-0.15, -0.1) is 4.91 Å². The molecule has 1 aromatic rings. The first kappa shape index (κ1) is 8.45. The number of hydrogen-bond donors (Lipinski definition) is 0. The third-order valence-corrected chi connectivity index (χ3v) is 1.32. The zero-order valence-electron chi connectivity index (χ0n) is 6.77. The van der Waals surface area contributed by atoms with Gasteiger partial charge in [-0.2, -0.15) is 4.98 Å². The van der Waals surface area contributed by atoms with Crippen LogP contribution in [-0.4, -0.2) is 19.2 Å². The van der Waals surface area contributed by atoms with Crippen LogP contribution in [0.3, 0.4) is 0 Å². The maximum absolute atomic E-state index is 10.2. The van der Waals surface area contributed by atoms with Crippen LogP contribution < -0.4 is 9.47 Å². The van der Waals surface area contributed by atoms with Crippen molar-refractivity contribution in [2.24, 2.45) is 5.18 Å². The molecule has 1 heterocycles. The van der Waals surface area contributed by atoms with E-state index in [-0.39, 0.29) is 11.6 Å². The monoisotopic (exact) mass is 168 g/mol. The average molecular weight is 168 g/mol. The Morgan fingerprint density at radius 1 is 1.33 bits per heavy atom. The SMILES string of the molecule is COc1ccc(N=O)c(OC)n1. The number of rotatable bonds is 3. The molecule has 0 bridgehead atoms. The highest BCUT2D eigenvalue weighted by atomic mass is 16.5. The molecule has 0 spiro atoms. The van der Waals surface area contributed by atoms with Gasteiger partial charge in [-0.3, -0.25) is 0 Å². The van der Waals surface area contributed by atoms with Crippen molar-refractivity contribution in [3.63, 3.8) is 0 Å². The quantitative estimate of drug-likeness (QED) is 0.641. The minimum absolute atomic E-state index is 0.165. The molecule has 0 amide bonds. The molecule has 0 aliphatic carbocycles. The molecule has 0 atom stereocenters. The second-order valence-electron chi connectivity index (χ2n) is 1.97. The molecule has 64 valence electrons. The van der Waals surface area contributed by atoms with E-state index in [1.54, 1.807) is 6.07 Å². The normalized spacial score (nSPS) is 9.17. The fourth-order valence-corrected chi connectivity index (χ4v) is 0.750. The van der Waals surface area contributed by atoms with Crippen LogP contribution in [0, 0.1) is 4.91 Å². The standard InChI is InChI=1S/C7H8N2O3/c1-11-6-4-3-5(9-10)7(8-6)12-2/h3-4H,1-2H3. The highest BCUT2D eigenvalue weighted by molar-refractivity contribution is 5.48. The highest BCUT2D eigenvalue weighted by Gasteiger charge is 2.05. The van der Waals surface area contributed by atoms with E-state index in [0.29, 0.717) is 5.88 Å². The van der Waals surface area contributed by atoms with E-state index in [9.17, 15) is 4.91 Å².